The van der Waals surface area contributed by atoms with Gasteiger partial charge in [0, 0.05) is 41.0 Å². The molecule has 4 rings (SSSR count). The lowest BCUT2D eigenvalue weighted by Gasteiger charge is -2.16. The number of rotatable bonds is 7. The second-order valence-corrected chi connectivity index (χ2v) is 9.09. The number of halogens is 2. The van der Waals surface area contributed by atoms with Gasteiger partial charge in [0.2, 0.25) is 17.8 Å². The first kappa shape index (κ1) is 22.6. The second kappa shape index (κ2) is 9.94. The molecule has 10 heteroatoms. The maximum Gasteiger partial charge on any atom is 0.232 e. The summed E-state index contributed by atoms with van der Waals surface area (Å²) in [4.78, 5) is 27.0. The first-order valence-electron chi connectivity index (χ1n) is 10.1. The molecular formula is C22H21Cl2N5O2S. The molecule has 32 heavy (non-hydrogen) atoms. The fraction of sp³-hybridized carbons (Fsp3) is 0.273. The Morgan fingerprint density at radius 2 is 1.91 bits per heavy atom. The molecular weight excluding hydrogens is 469 g/mol. The van der Waals surface area contributed by atoms with Crippen LogP contribution in [-0.2, 0) is 21.9 Å². The maximum absolute atomic E-state index is 12.9. The van der Waals surface area contributed by atoms with Crippen molar-refractivity contribution in [1.29, 1.82) is 0 Å². The van der Waals surface area contributed by atoms with Crippen LogP contribution < -0.4 is 10.2 Å². The molecule has 0 spiro atoms. The molecule has 2 amide bonds. The largest absolute Gasteiger partial charge is 0.312 e. The summed E-state index contributed by atoms with van der Waals surface area (Å²) in [6, 6.07) is 14.6. The number of carbonyl (C=O) groups is 2. The van der Waals surface area contributed by atoms with Gasteiger partial charge in [0.1, 0.15) is 0 Å². The molecule has 1 aromatic heterocycles. The van der Waals surface area contributed by atoms with Gasteiger partial charge in [-0.25, -0.2) is 0 Å². The van der Waals surface area contributed by atoms with Crippen LogP contribution in [0, 0.1) is 5.92 Å². The van der Waals surface area contributed by atoms with Crippen molar-refractivity contribution in [3.8, 4) is 0 Å². The highest BCUT2D eigenvalue weighted by Gasteiger charge is 2.35. The van der Waals surface area contributed by atoms with E-state index in [0.717, 1.165) is 11.3 Å². The molecule has 0 saturated carbocycles. The van der Waals surface area contributed by atoms with Crippen LogP contribution in [0.3, 0.4) is 0 Å². The lowest BCUT2D eigenvalue weighted by Crippen LogP contribution is -2.28. The SMILES string of the molecule is CCn1c(NC(=O)C2CC(=O)N(c3ccc(Cl)cc3)C2)nnc1SCc1ccccc1Cl. The maximum atomic E-state index is 12.9. The minimum absolute atomic E-state index is 0.0968. The summed E-state index contributed by atoms with van der Waals surface area (Å²) in [7, 11) is 0. The topological polar surface area (TPSA) is 80.1 Å². The minimum atomic E-state index is -0.473. The van der Waals surface area contributed by atoms with E-state index in [-0.39, 0.29) is 18.2 Å². The van der Waals surface area contributed by atoms with E-state index in [0.29, 0.717) is 40.0 Å². The van der Waals surface area contributed by atoms with E-state index in [9.17, 15) is 9.59 Å². The Hall–Kier alpha value is -2.55. The molecule has 1 aliphatic heterocycles. The number of benzene rings is 2. The standard InChI is InChI=1S/C22H21Cl2N5O2S/c1-2-28-21(26-27-22(28)32-13-14-5-3-4-6-18(14)24)25-20(31)15-11-19(30)29(12-15)17-9-7-16(23)8-10-17/h3-10,15H,2,11-13H2,1H3,(H,25,26,31). The van der Waals surface area contributed by atoms with E-state index in [2.05, 4.69) is 15.5 Å². The predicted octanol–water partition coefficient (Wildman–Crippen LogP) is 4.89. The Morgan fingerprint density at radius 3 is 2.62 bits per heavy atom. The van der Waals surface area contributed by atoms with Crippen LogP contribution in [0.2, 0.25) is 10.0 Å². The van der Waals surface area contributed by atoms with Crippen molar-refractivity contribution >= 4 is 58.4 Å². The summed E-state index contributed by atoms with van der Waals surface area (Å²) in [5.74, 6) is 0.190. The number of nitrogens with one attached hydrogen (secondary N) is 1. The first-order valence-corrected chi connectivity index (χ1v) is 11.9. The zero-order chi connectivity index (χ0) is 22.7. The molecule has 1 saturated heterocycles. The molecule has 2 aromatic carbocycles. The Kier molecular flexibility index (Phi) is 7.03. The van der Waals surface area contributed by atoms with Gasteiger partial charge in [0.05, 0.1) is 5.92 Å². The summed E-state index contributed by atoms with van der Waals surface area (Å²) >= 11 is 13.7. The van der Waals surface area contributed by atoms with Crippen LogP contribution in [0.25, 0.3) is 0 Å². The van der Waals surface area contributed by atoms with Gasteiger partial charge in [0.25, 0.3) is 0 Å². The molecule has 1 N–H and O–H groups in total. The molecule has 0 bridgehead atoms. The average Bonchev–Trinajstić information content (AvgIpc) is 3.36. The summed E-state index contributed by atoms with van der Waals surface area (Å²) in [6.07, 6.45) is 0.142. The van der Waals surface area contributed by atoms with Crippen molar-refractivity contribution in [2.75, 3.05) is 16.8 Å². The van der Waals surface area contributed by atoms with Crippen LogP contribution in [0.15, 0.2) is 53.7 Å². The molecule has 2 heterocycles. The van der Waals surface area contributed by atoms with Crippen molar-refractivity contribution < 1.29 is 9.59 Å². The van der Waals surface area contributed by atoms with Crippen LogP contribution in [0.5, 0.6) is 0 Å². The summed E-state index contributed by atoms with van der Waals surface area (Å²) < 4.78 is 1.84. The highest BCUT2D eigenvalue weighted by Crippen LogP contribution is 2.29. The Bertz CT molecular complexity index is 1140. The van der Waals surface area contributed by atoms with Gasteiger partial charge in [-0.2, -0.15) is 0 Å². The molecule has 0 radical (unpaired) electrons. The number of anilines is 2. The number of aromatic nitrogens is 3. The number of amides is 2. The second-order valence-electron chi connectivity index (χ2n) is 7.30. The highest BCUT2D eigenvalue weighted by atomic mass is 35.5. The Balaban J connectivity index is 1.41. The van der Waals surface area contributed by atoms with Crippen molar-refractivity contribution in [3.63, 3.8) is 0 Å². The number of thioether (sulfide) groups is 1. The van der Waals surface area contributed by atoms with Crippen LogP contribution in [0.1, 0.15) is 18.9 Å². The monoisotopic (exact) mass is 489 g/mol. The molecule has 3 aromatic rings. The third kappa shape index (κ3) is 4.92. The summed E-state index contributed by atoms with van der Waals surface area (Å²) in [6.45, 7) is 2.86. The molecule has 1 atom stereocenters. The normalized spacial score (nSPS) is 15.9. The third-order valence-corrected chi connectivity index (χ3v) is 6.85. The summed E-state index contributed by atoms with van der Waals surface area (Å²) in [5, 5.41) is 13.2. The van der Waals surface area contributed by atoms with Crippen molar-refractivity contribution in [2.45, 2.75) is 30.8 Å². The van der Waals surface area contributed by atoms with Gasteiger partial charge in [-0.1, -0.05) is 53.2 Å². The van der Waals surface area contributed by atoms with Gasteiger partial charge in [-0.15, -0.1) is 10.2 Å². The van der Waals surface area contributed by atoms with E-state index < -0.39 is 5.92 Å². The molecule has 1 unspecified atom stereocenters. The van der Waals surface area contributed by atoms with E-state index >= 15 is 0 Å². The molecule has 1 fully saturated rings. The van der Waals surface area contributed by atoms with E-state index in [1.807, 2.05) is 35.8 Å². The van der Waals surface area contributed by atoms with Crippen molar-refractivity contribution in [3.05, 3.63) is 64.1 Å². The van der Waals surface area contributed by atoms with Crippen LogP contribution >= 0.6 is 35.0 Å². The average molecular weight is 490 g/mol. The Morgan fingerprint density at radius 1 is 1.16 bits per heavy atom. The van der Waals surface area contributed by atoms with Gasteiger partial charge in [-0.05, 0) is 42.8 Å². The lowest BCUT2D eigenvalue weighted by atomic mass is 10.1. The zero-order valence-electron chi connectivity index (χ0n) is 17.3. The number of hydrogen-bond donors (Lipinski definition) is 1. The van der Waals surface area contributed by atoms with Crippen molar-refractivity contribution in [1.82, 2.24) is 14.8 Å². The van der Waals surface area contributed by atoms with Crippen LogP contribution in [0.4, 0.5) is 11.6 Å². The fourth-order valence-electron chi connectivity index (χ4n) is 3.50. The number of carbonyl (C=O) groups excluding carboxylic acids is 2. The van der Waals surface area contributed by atoms with E-state index in [4.69, 9.17) is 23.2 Å². The van der Waals surface area contributed by atoms with Gasteiger partial charge < -0.3 is 4.90 Å². The number of hydrogen-bond acceptors (Lipinski definition) is 5. The third-order valence-electron chi connectivity index (χ3n) is 5.22. The van der Waals surface area contributed by atoms with E-state index in [1.54, 1.807) is 29.2 Å². The minimum Gasteiger partial charge on any atom is -0.312 e. The molecule has 0 aliphatic carbocycles. The Labute approximate surface area is 200 Å². The predicted molar refractivity (Wildman–Crippen MR) is 127 cm³/mol. The smallest absolute Gasteiger partial charge is 0.232 e. The molecule has 1 aliphatic rings. The number of nitrogens with zero attached hydrogens (tertiary/aromatic N) is 4. The first-order chi connectivity index (χ1) is 15.5. The van der Waals surface area contributed by atoms with E-state index in [1.165, 1.54) is 11.8 Å². The molecule has 7 nitrogen and oxygen atoms in total. The van der Waals surface area contributed by atoms with Crippen molar-refractivity contribution in [2.24, 2.45) is 5.92 Å². The summed E-state index contributed by atoms with van der Waals surface area (Å²) in [5.41, 5.74) is 1.73. The van der Waals surface area contributed by atoms with Gasteiger partial charge in [-0.3, -0.25) is 19.5 Å². The van der Waals surface area contributed by atoms with Gasteiger partial charge in [0.15, 0.2) is 5.16 Å². The quantitative estimate of drug-likeness (QED) is 0.477. The molecule has 166 valence electrons. The fourth-order valence-corrected chi connectivity index (χ4v) is 4.91. The van der Waals surface area contributed by atoms with Crippen LogP contribution in [-0.4, -0.2) is 33.1 Å². The zero-order valence-corrected chi connectivity index (χ0v) is 19.6. The lowest BCUT2D eigenvalue weighted by molar-refractivity contribution is -0.122. The van der Waals surface area contributed by atoms with Gasteiger partial charge >= 0.3 is 0 Å². The highest BCUT2D eigenvalue weighted by molar-refractivity contribution is 7.98.